The van der Waals surface area contributed by atoms with Gasteiger partial charge in [0.1, 0.15) is 17.6 Å². The molecular weight excluding hydrogens is 268 g/mol. The molecule has 0 aromatic heterocycles. The van der Waals surface area contributed by atoms with Crippen molar-refractivity contribution in [3.63, 3.8) is 0 Å². The van der Waals surface area contributed by atoms with E-state index in [1.807, 2.05) is 30.3 Å². The Balaban J connectivity index is 2.44. The van der Waals surface area contributed by atoms with Gasteiger partial charge in [-0.25, -0.2) is 0 Å². The van der Waals surface area contributed by atoms with Crippen molar-refractivity contribution in [1.29, 1.82) is 0 Å². The summed E-state index contributed by atoms with van der Waals surface area (Å²) in [7, 11) is 4.80. The van der Waals surface area contributed by atoms with Gasteiger partial charge in [-0.05, 0) is 23.3 Å². The molecule has 21 heavy (non-hydrogen) atoms. The maximum atomic E-state index is 10.7. The predicted molar refractivity (Wildman–Crippen MR) is 80.8 cm³/mol. The lowest BCUT2D eigenvalue weighted by atomic mass is 9.98. The van der Waals surface area contributed by atoms with E-state index >= 15 is 0 Å². The molecule has 0 spiro atoms. The molecule has 2 aromatic carbocycles. The van der Waals surface area contributed by atoms with Gasteiger partial charge in [0.15, 0.2) is 0 Å². The second-order valence-electron chi connectivity index (χ2n) is 4.66. The monoisotopic (exact) mass is 288 g/mol. The highest BCUT2D eigenvalue weighted by molar-refractivity contribution is 5.49. The molecule has 2 aromatic rings. The fraction of sp³-hybridized carbons (Fsp3) is 0.294. The summed E-state index contributed by atoms with van der Waals surface area (Å²) >= 11 is 0. The van der Waals surface area contributed by atoms with Gasteiger partial charge in [-0.3, -0.25) is 0 Å². The summed E-state index contributed by atoms with van der Waals surface area (Å²) in [5.74, 6) is 1.19. The van der Waals surface area contributed by atoms with Crippen LogP contribution in [0.1, 0.15) is 22.8 Å². The number of ether oxygens (including phenoxy) is 3. The number of hydrogen-bond acceptors (Lipinski definition) is 4. The Hall–Kier alpha value is -2.04. The highest BCUT2D eigenvalue weighted by Crippen LogP contribution is 2.37. The normalized spacial score (nSPS) is 12.0. The molecular formula is C17H20O4. The summed E-state index contributed by atoms with van der Waals surface area (Å²) in [6.07, 6.45) is -0.826. The first-order valence-corrected chi connectivity index (χ1v) is 6.68. The predicted octanol–water partition coefficient (Wildman–Crippen LogP) is 2.93. The van der Waals surface area contributed by atoms with Gasteiger partial charge in [-0.1, -0.05) is 30.3 Å². The maximum absolute atomic E-state index is 10.7. The zero-order chi connectivity index (χ0) is 15.2. The lowest BCUT2D eigenvalue weighted by Gasteiger charge is -2.19. The molecule has 0 aliphatic rings. The van der Waals surface area contributed by atoms with E-state index in [2.05, 4.69) is 0 Å². The van der Waals surface area contributed by atoms with Gasteiger partial charge in [0.25, 0.3) is 0 Å². The van der Waals surface area contributed by atoms with E-state index in [0.717, 1.165) is 11.1 Å². The smallest absolute Gasteiger partial charge is 0.128 e. The number of rotatable bonds is 6. The first-order valence-electron chi connectivity index (χ1n) is 6.68. The number of methoxy groups -OCH3 is 3. The third kappa shape index (κ3) is 3.35. The van der Waals surface area contributed by atoms with Crippen molar-refractivity contribution >= 4 is 0 Å². The summed E-state index contributed by atoms with van der Waals surface area (Å²) < 4.78 is 15.8. The minimum Gasteiger partial charge on any atom is -0.496 e. The molecule has 0 bridgehead atoms. The molecule has 0 radical (unpaired) electrons. The zero-order valence-corrected chi connectivity index (χ0v) is 12.5. The Bertz CT molecular complexity index is 573. The summed E-state index contributed by atoms with van der Waals surface area (Å²) in [6, 6.07) is 13.1. The summed E-state index contributed by atoms with van der Waals surface area (Å²) in [5, 5.41) is 10.7. The molecule has 0 saturated carbocycles. The highest BCUT2D eigenvalue weighted by atomic mass is 16.5. The Labute approximate surface area is 124 Å². The molecule has 0 saturated heterocycles. The number of aliphatic hydroxyl groups excluding tert-OH is 1. The first kappa shape index (κ1) is 15.4. The molecule has 0 heterocycles. The molecule has 4 heteroatoms. The van der Waals surface area contributed by atoms with Crippen molar-refractivity contribution in [3.05, 3.63) is 59.2 Å². The van der Waals surface area contributed by atoms with Crippen LogP contribution in [0.3, 0.4) is 0 Å². The van der Waals surface area contributed by atoms with Crippen LogP contribution in [0.4, 0.5) is 0 Å². The summed E-state index contributed by atoms with van der Waals surface area (Å²) in [6.45, 7) is 0.504. The van der Waals surface area contributed by atoms with Gasteiger partial charge in [0, 0.05) is 7.11 Å². The van der Waals surface area contributed by atoms with Gasteiger partial charge in [-0.15, -0.1) is 0 Å². The minimum absolute atomic E-state index is 0.504. The lowest BCUT2D eigenvalue weighted by Crippen LogP contribution is -2.05. The van der Waals surface area contributed by atoms with Crippen molar-refractivity contribution in [2.75, 3.05) is 21.3 Å². The molecule has 0 fully saturated rings. The van der Waals surface area contributed by atoms with Crippen LogP contribution < -0.4 is 9.47 Å². The van der Waals surface area contributed by atoms with E-state index in [1.165, 1.54) is 0 Å². The van der Waals surface area contributed by atoms with Crippen molar-refractivity contribution in [3.8, 4) is 11.5 Å². The average molecular weight is 288 g/mol. The fourth-order valence-electron chi connectivity index (χ4n) is 2.34. The third-order valence-electron chi connectivity index (χ3n) is 3.32. The molecule has 1 atom stereocenters. The van der Waals surface area contributed by atoms with Crippen molar-refractivity contribution < 1.29 is 19.3 Å². The van der Waals surface area contributed by atoms with Gasteiger partial charge in [0.2, 0.25) is 0 Å². The van der Waals surface area contributed by atoms with Crippen LogP contribution in [-0.2, 0) is 11.3 Å². The van der Waals surface area contributed by atoms with Gasteiger partial charge in [-0.2, -0.15) is 0 Å². The number of benzene rings is 2. The van der Waals surface area contributed by atoms with Crippen LogP contribution in [0.5, 0.6) is 11.5 Å². The number of aliphatic hydroxyl groups is 1. The second kappa shape index (κ2) is 7.11. The third-order valence-corrected chi connectivity index (χ3v) is 3.32. The first-order chi connectivity index (χ1) is 10.2. The van der Waals surface area contributed by atoms with Crippen LogP contribution in [-0.4, -0.2) is 26.4 Å². The Morgan fingerprint density at radius 3 is 2.14 bits per heavy atom. The molecule has 4 nitrogen and oxygen atoms in total. The molecule has 2 rings (SSSR count). The zero-order valence-electron chi connectivity index (χ0n) is 12.5. The van der Waals surface area contributed by atoms with Crippen molar-refractivity contribution in [2.45, 2.75) is 12.7 Å². The summed E-state index contributed by atoms with van der Waals surface area (Å²) in [5.41, 5.74) is 2.40. The minimum atomic E-state index is -0.826. The van der Waals surface area contributed by atoms with E-state index in [1.54, 1.807) is 33.5 Å². The van der Waals surface area contributed by atoms with Crippen LogP contribution in [0, 0.1) is 0 Å². The van der Waals surface area contributed by atoms with Crippen LogP contribution in [0.25, 0.3) is 0 Å². The molecule has 0 amide bonds. The second-order valence-corrected chi connectivity index (χ2v) is 4.66. The summed E-state index contributed by atoms with van der Waals surface area (Å²) in [4.78, 5) is 0. The Morgan fingerprint density at radius 2 is 1.57 bits per heavy atom. The van der Waals surface area contributed by atoms with Crippen molar-refractivity contribution in [1.82, 2.24) is 0 Å². The molecule has 1 unspecified atom stereocenters. The van der Waals surface area contributed by atoms with Gasteiger partial charge >= 0.3 is 0 Å². The molecule has 0 aliphatic carbocycles. The molecule has 1 N–H and O–H groups in total. The van der Waals surface area contributed by atoms with Gasteiger partial charge < -0.3 is 19.3 Å². The molecule has 112 valence electrons. The van der Waals surface area contributed by atoms with Crippen molar-refractivity contribution in [2.24, 2.45) is 0 Å². The molecule has 0 aliphatic heterocycles. The maximum Gasteiger partial charge on any atom is 0.128 e. The number of hydrogen-bond donors (Lipinski definition) is 1. The standard InChI is InChI=1S/C17H20O4/c1-19-11-12-6-4-7-13(10-12)17(18)16-14(20-2)8-5-9-15(16)21-3/h4-10,17-18H,11H2,1-3H3. The highest BCUT2D eigenvalue weighted by Gasteiger charge is 2.20. The Kier molecular flexibility index (Phi) is 5.20. The van der Waals surface area contributed by atoms with Crippen LogP contribution in [0.15, 0.2) is 42.5 Å². The van der Waals surface area contributed by atoms with E-state index in [0.29, 0.717) is 23.7 Å². The van der Waals surface area contributed by atoms with E-state index in [-0.39, 0.29) is 0 Å². The SMILES string of the molecule is COCc1cccc(C(O)c2c(OC)cccc2OC)c1. The van der Waals surface area contributed by atoms with E-state index in [4.69, 9.17) is 14.2 Å². The average Bonchev–Trinajstić information content (AvgIpc) is 2.54. The Morgan fingerprint density at radius 1 is 0.952 bits per heavy atom. The largest absolute Gasteiger partial charge is 0.496 e. The van der Waals surface area contributed by atoms with E-state index in [9.17, 15) is 5.11 Å². The lowest BCUT2D eigenvalue weighted by molar-refractivity contribution is 0.183. The van der Waals surface area contributed by atoms with Crippen LogP contribution >= 0.6 is 0 Å². The van der Waals surface area contributed by atoms with E-state index < -0.39 is 6.10 Å². The van der Waals surface area contributed by atoms with Gasteiger partial charge in [0.05, 0.1) is 26.4 Å². The topological polar surface area (TPSA) is 47.9 Å². The fourth-order valence-corrected chi connectivity index (χ4v) is 2.34. The van der Waals surface area contributed by atoms with Crippen LogP contribution in [0.2, 0.25) is 0 Å². The quantitative estimate of drug-likeness (QED) is 0.888.